The quantitative estimate of drug-likeness (QED) is 0.448. The summed E-state index contributed by atoms with van der Waals surface area (Å²) in [6, 6.07) is 13.0. The van der Waals surface area contributed by atoms with Crippen LogP contribution in [0.5, 0.6) is 23.0 Å². The number of phenolic OH excluding ortho intramolecular Hbond substituents is 2. The number of anilines is 1. The van der Waals surface area contributed by atoms with Crippen molar-refractivity contribution < 1.29 is 24.5 Å². The first-order chi connectivity index (χ1) is 14.0. The van der Waals surface area contributed by atoms with Crippen molar-refractivity contribution in [1.29, 1.82) is 0 Å². The molecule has 0 saturated heterocycles. The normalized spacial score (nSPS) is 15.3. The van der Waals surface area contributed by atoms with Gasteiger partial charge in [-0.25, -0.2) is 4.79 Å². The Labute approximate surface area is 167 Å². The van der Waals surface area contributed by atoms with Crippen LogP contribution in [0, 0.1) is 0 Å². The van der Waals surface area contributed by atoms with Crippen molar-refractivity contribution in [2.45, 2.75) is 25.4 Å². The van der Waals surface area contributed by atoms with Crippen molar-refractivity contribution in [1.82, 2.24) is 0 Å². The number of esters is 1. The van der Waals surface area contributed by atoms with Gasteiger partial charge in [0.2, 0.25) is 0 Å². The van der Waals surface area contributed by atoms with E-state index < -0.39 is 11.6 Å². The van der Waals surface area contributed by atoms with Gasteiger partial charge in [-0.3, -0.25) is 0 Å². The summed E-state index contributed by atoms with van der Waals surface area (Å²) >= 11 is 0. The number of benzene rings is 3. The molecule has 2 heterocycles. The van der Waals surface area contributed by atoms with Gasteiger partial charge in [0, 0.05) is 34.5 Å². The van der Waals surface area contributed by atoms with Crippen molar-refractivity contribution in [3.8, 4) is 23.0 Å². The monoisotopic (exact) mass is 389 g/mol. The molecule has 3 aromatic rings. The SMILES string of the molecule is CCCc1c(N)ccc2c1C(=O)OC21c2ccc(O)cc2Oc2cc(O)ccc21. The summed E-state index contributed by atoms with van der Waals surface area (Å²) < 4.78 is 12.0. The molecule has 0 unspecified atom stereocenters. The summed E-state index contributed by atoms with van der Waals surface area (Å²) in [5, 5.41) is 19.9. The molecule has 0 amide bonds. The molecule has 0 saturated carbocycles. The van der Waals surface area contributed by atoms with Crippen LogP contribution in [0.3, 0.4) is 0 Å². The molecule has 29 heavy (non-hydrogen) atoms. The molecular weight excluding hydrogens is 370 g/mol. The number of hydrogen-bond donors (Lipinski definition) is 3. The van der Waals surface area contributed by atoms with E-state index in [1.54, 1.807) is 18.2 Å². The van der Waals surface area contributed by atoms with Gasteiger partial charge in [0.15, 0.2) is 5.60 Å². The van der Waals surface area contributed by atoms with Crippen LogP contribution in [-0.4, -0.2) is 16.2 Å². The number of ether oxygens (including phenoxy) is 2. The average Bonchev–Trinajstić information content (AvgIpc) is 2.97. The predicted molar refractivity (Wildman–Crippen MR) is 106 cm³/mol. The number of carbonyl (C=O) groups is 1. The Bertz CT molecular complexity index is 1130. The van der Waals surface area contributed by atoms with E-state index in [0.717, 1.165) is 12.0 Å². The van der Waals surface area contributed by atoms with Crippen LogP contribution >= 0.6 is 0 Å². The molecule has 5 rings (SSSR count). The fraction of sp³-hybridized carbons (Fsp3) is 0.174. The lowest BCUT2D eigenvalue weighted by Gasteiger charge is -2.36. The van der Waals surface area contributed by atoms with Crippen LogP contribution in [-0.2, 0) is 16.8 Å². The van der Waals surface area contributed by atoms with E-state index in [1.165, 1.54) is 24.3 Å². The van der Waals surface area contributed by atoms with Gasteiger partial charge >= 0.3 is 5.97 Å². The molecule has 2 aliphatic heterocycles. The fourth-order valence-electron chi connectivity index (χ4n) is 4.39. The van der Waals surface area contributed by atoms with Crippen molar-refractivity contribution >= 4 is 11.7 Å². The third kappa shape index (κ3) is 2.26. The zero-order chi connectivity index (χ0) is 20.3. The molecule has 0 radical (unpaired) electrons. The molecule has 6 nitrogen and oxygen atoms in total. The standard InChI is InChI=1S/C23H19NO5/c1-2-3-14-18(24)9-8-17-21(14)22(27)29-23(17)15-6-4-12(25)10-19(15)28-20-11-13(26)5-7-16(20)23/h4-11,25-26H,2-3,24H2,1H3. The second kappa shape index (κ2) is 5.91. The Hall–Kier alpha value is -3.67. The van der Waals surface area contributed by atoms with Crippen molar-refractivity contribution in [3.05, 3.63) is 76.3 Å². The summed E-state index contributed by atoms with van der Waals surface area (Å²) in [7, 11) is 0. The zero-order valence-corrected chi connectivity index (χ0v) is 15.7. The Morgan fingerprint density at radius 2 is 1.52 bits per heavy atom. The number of fused-ring (bicyclic) bond motifs is 6. The second-order valence-corrected chi connectivity index (χ2v) is 7.34. The van der Waals surface area contributed by atoms with Crippen LogP contribution in [0.25, 0.3) is 0 Å². The number of nitrogen functional groups attached to an aromatic ring is 1. The van der Waals surface area contributed by atoms with Crippen LogP contribution in [0.1, 0.15) is 46.0 Å². The number of nitrogens with two attached hydrogens (primary N) is 1. The largest absolute Gasteiger partial charge is 0.508 e. The minimum Gasteiger partial charge on any atom is -0.508 e. The molecule has 0 atom stereocenters. The topological polar surface area (TPSA) is 102 Å². The molecule has 0 aliphatic carbocycles. The van der Waals surface area contributed by atoms with Crippen molar-refractivity contribution in [3.63, 3.8) is 0 Å². The highest BCUT2D eigenvalue weighted by atomic mass is 16.6. The first-order valence-electron chi connectivity index (χ1n) is 9.45. The van der Waals surface area contributed by atoms with Gasteiger partial charge in [0.25, 0.3) is 0 Å². The van der Waals surface area contributed by atoms with E-state index in [-0.39, 0.29) is 11.5 Å². The highest BCUT2D eigenvalue weighted by Crippen LogP contribution is 2.57. The van der Waals surface area contributed by atoms with Gasteiger partial charge < -0.3 is 25.4 Å². The zero-order valence-electron chi connectivity index (χ0n) is 15.7. The van der Waals surface area contributed by atoms with Gasteiger partial charge in [0.05, 0.1) is 5.56 Å². The summed E-state index contributed by atoms with van der Waals surface area (Å²) in [6.45, 7) is 2.03. The third-order valence-electron chi connectivity index (χ3n) is 5.59. The molecule has 3 aromatic carbocycles. The maximum absolute atomic E-state index is 13.1. The molecule has 6 heteroatoms. The van der Waals surface area contributed by atoms with Crippen molar-refractivity contribution in [2.24, 2.45) is 0 Å². The summed E-state index contributed by atoms with van der Waals surface area (Å²) in [5.41, 5.74) is 8.65. The van der Waals surface area contributed by atoms with E-state index in [9.17, 15) is 15.0 Å². The summed E-state index contributed by atoms with van der Waals surface area (Å²) in [4.78, 5) is 13.1. The van der Waals surface area contributed by atoms with E-state index >= 15 is 0 Å². The Morgan fingerprint density at radius 1 is 0.931 bits per heavy atom. The molecule has 0 aromatic heterocycles. The van der Waals surface area contributed by atoms with Gasteiger partial charge in [0.1, 0.15) is 23.0 Å². The number of hydrogen-bond acceptors (Lipinski definition) is 6. The number of rotatable bonds is 2. The van der Waals surface area contributed by atoms with E-state index in [4.69, 9.17) is 15.2 Å². The smallest absolute Gasteiger partial charge is 0.340 e. The summed E-state index contributed by atoms with van der Waals surface area (Å²) in [6.07, 6.45) is 1.49. The van der Waals surface area contributed by atoms with Crippen LogP contribution in [0.15, 0.2) is 48.5 Å². The predicted octanol–water partition coefficient (Wildman–Crippen LogP) is 4.20. The average molecular weight is 389 g/mol. The molecule has 2 aliphatic rings. The first-order valence-corrected chi connectivity index (χ1v) is 9.45. The molecule has 1 spiro atoms. The van der Waals surface area contributed by atoms with E-state index in [0.29, 0.717) is 45.9 Å². The highest BCUT2D eigenvalue weighted by Gasteiger charge is 2.54. The lowest BCUT2D eigenvalue weighted by Crippen LogP contribution is -2.32. The van der Waals surface area contributed by atoms with Crippen LogP contribution in [0.4, 0.5) is 5.69 Å². The van der Waals surface area contributed by atoms with Gasteiger partial charge in [-0.05, 0) is 42.3 Å². The fourth-order valence-corrected chi connectivity index (χ4v) is 4.39. The lowest BCUT2D eigenvalue weighted by atomic mass is 9.76. The number of carbonyl (C=O) groups excluding carboxylic acids is 1. The molecule has 0 fully saturated rings. The molecule has 0 bridgehead atoms. The maximum atomic E-state index is 13.1. The van der Waals surface area contributed by atoms with Gasteiger partial charge in [-0.15, -0.1) is 0 Å². The van der Waals surface area contributed by atoms with Gasteiger partial charge in [-0.1, -0.05) is 19.4 Å². The number of phenols is 2. The van der Waals surface area contributed by atoms with E-state index in [1.807, 2.05) is 13.0 Å². The molecule has 4 N–H and O–H groups in total. The van der Waals surface area contributed by atoms with E-state index in [2.05, 4.69) is 0 Å². The molecular formula is C23H19NO5. The van der Waals surface area contributed by atoms with Crippen molar-refractivity contribution in [2.75, 3.05) is 5.73 Å². The lowest BCUT2D eigenvalue weighted by molar-refractivity contribution is 0.0223. The Balaban J connectivity index is 1.89. The number of aromatic hydroxyl groups is 2. The second-order valence-electron chi connectivity index (χ2n) is 7.34. The Morgan fingerprint density at radius 3 is 2.10 bits per heavy atom. The maximum Gasteiger partial charge on any atom is 0.340 e. The Kier molecular flexibility index (Phi) is 3.55. The minimum atomic E-state index is -1.24. The van der Waals surface area contributed by atoms with Gasteiger partial charge in [-0.2, -0.15) is 0 Å². The third-order valence-corrected chi connectivity index (χ3v) is 5.59. The van der Waals surface area contributed by atoms with Crippen LogP contribution < -0.4 is 10.5 Å². The molecule has 146 valence electrons. The van der Waals surface area contributed by atoms with Crippen LogP contribution in [0.2, 0.25) is 0 Å². The summed E-state index contributed by atoms with van der Waals surface area (Å²) in [5.74, 6) is 0.318. The first kappa shape index (κ1) is 17.4. The minimum absolute atomic E-state index is 0.0241. The highest BCUT2D eigenvalue weighted by molar-refractivity contribution is 6.00.